The quantitative estimate of drug-likeness (QED) is 0.643. The standard InChI is InChI=1S/C12H9NO2/c1-2-4-11-9(3-1)12-10(5-7-14-11)13-6-8-15-12/h1-8,12H. The Labute approximate surface area is 87.4 Å². The fraction of sp³-hybridized carbons (Fsp3) is 0.0833. The van der Waals surface area contributed by atoms with Crippen LogP contribution >= 0.6 is 0 Å². The number of ether oxygens (including phenoxy) is 2. The van der Waals surface area contributed by atoms with Gasteiger partial charge in [0, 0.05) is 5.56 Å². The first-order valence-electron chi connectivity index (χ1n) is 4.75. The summed E-state index contributed by atoms with van der Waals surface area (Å²) >= 11 is 0. The summed E-state index contributed by atoms with van der Waals surface area (Å²) in [7, 11) is 0. The summed E-state index contributed by atoms with van der Waals surface area (Å²) in [5.74, 6) is 0.819. The lowest BCUT2D eigenvalue weighted by atomic mass is 10.0. The first kappa shape index (κ1) is 8.29. The minimum absolute atomic E-state index is 0.148. The molecule has 1 atom stereocenters. The van der Waals surface area contributed by atoms with Gasteiger partial charge in [0.15, 0.2) is 6.10 Å². The molecule has 15 heavy (non-hydrogen) atoms. The Bertz CT molecular complexity index is 474. The molecule has 74 valence electrons. The van der Waals surface area contributed by atoms with E-state index >= 15 is 0 Å². The highest BCUT2D eigenvalue weighted by atomic mass is 16.5. The minimum Gasteiger partial charge on any atom is -0.485 e. The third-order valence-electron chi connectivity index (χ3n) is 2.40. The number of hydrogen-bond acceptors (Lipinski definition) is 3. The second kappa shape index (κ2) is 3.28. The van der Waals surface area contributed by atoms with E-state index in [-0.39, 0.29) is 6.10 Å². The molecule has 1 unspecified atom stereocenters. The highest BCUT2D eigenvalue weighted by Crippen LogP contribution is 2.32. The van der Waals surface area contributed by atoms with Gasteiger partial charge in [-0.3, -0.25) is 4.99 Å². The predicted octanol–water partition coefficient (Wildman–Crippen LogP) is 2.58. The molecule has 0 aromatic heterocycles. The van der Waals surface area contributed by atoms with E-state index < -0.39 is 0 Å². The Morgan fingerprint density at radius 3 is 3.07 bits per heavy atom. The van der Waals surface area contributed by atoms with Crippen molar-refractivity contribution in [2.75, 3.05) is 0 Å². The van der Waals surface area contributed by atoms with Crippen LogP contribution in [0.1, 0.15) is 11.7 Å². The van der Waals surface area contributed by atoms with Crippen LogP contribution in [-0.2, 0) is 4.74 Å². The zero-order valence-corrected chi connectivity index (χ0v) is 7.96. The Morgan fingerprint density at radius 1 is 1.13 bits per heavy atom. The summed E-state index contributed by atoms with van der Waals surface area (Å²) in [5.41, 5.74) is 1.87. The maximum atomic E-state index is 5.55. The molecule has 1 aromatic rings. The van der Waals surface area contributed by atoms with E-state index in [1.807, 2.05) is 30.3 Å². The van der Waals surface area contributed by atoms with E-state index in [0.717, 1.165) is 17.0 Å². The van der Waals surface area contributed by atoms with Crippen LogP contribution in [0.25, 0.3) is 0 Å². The van der Waals surface area contributed by atoms with Gasteiger partial charge in [0.25, 0.3) is 0 Å². The van der Waals surface area contributed by atoms with E-state index in [0.29, 0.717) is 0 Å². The summed E-state index contributed by atoms with van der Waals surface area (Å²) in [6.45, 7) is 0. The maximum Gasteiger partial charge on any atom is 0.168 e. The van der Waals surface area contributed by atoms with E-state index in [4.69, 9.17) is 9.47 Å². The number of para-hydroxylation sites is 1. The second-order valence-electron chi connectivity index (χ2n) is 3.31. The number of hydrogen-bond donors (Lipinski definition) is 0. The number of fused-ring (bicyclic) bond motifs is 3. The van der Waals surface area contributed by atoms with Gasteiger partial charge in [-0.2, -0.15) is 0 Å². The summed E-state index contributed by atoms with van der Waals surface area (Å²) in [5, 5.41) is 0. The van der Waals surface area contributed by atoms with Crippen molar-refractivity contribution in [1.29, 1.82) is 0 Å². The molecule has 0 bridgehead atoms. The minimum atomic E-state index is -0.148. The van der Waals surface area contributed by atoms with E-state index in [1.165, 1.54) is 0 Å². The molecule has 2 aliphatic rings. The van der Waals surface area contributed by atoms with Gasteiger partial charge in [-0.1, -0.05) is 18.2 Å². The Kier molecular flexibility index (Phi) is 1.81. The average molecular weight is 199 g/mol. The van der Waals surface area contributed by atoms with Crippen molar-refractivity contribution in [2.24, 2.45) is 4.99 Å². The number of rotatable bonds is 0. The lowest BCUT2D eigenvalue weighted by Crippen LogP contribution is -2.13. The van der Waals surface area contributed by atoms with Crippen molar-refractivity contribution < 1.29 is 9.47 Å². The van der Waals surface area contributed by atoms with Crippen LogP contribution in [0.3, 0.4) is 0 Å². The highest BCUT2D eigenvalue weighted by molar-refractivity contribution is 6.00. The first-order valence-corrected chi connectivity index (χ1v) is 4.75. The van der Waals surface area contributed by atoms with Crippen LogP contribution in [0.15, 0.2) is 54.1 Å². The number of benzene rings is 1. The predicted molar refractivity (Wildman–Crippen MR) is 56.6 cm³/mol. The Morgan fingerprint density at radius 2 is 2.07 bits per heavy atom. The average Bonchev–Trinajstić information content (AvgIpc) is 2.48. The van der Waals surface area contributed by atoms with Crippen molar-refractivity contribution in [3.8, 4) is 5.75 Å². The molecular formula is C12H9NO2. The zero-order chi connectivity index (χ0) is 10.1. The maximum absolute atomic E-state index is 5.55. The molecule has 0 amide bonds. The van der Waals surface area contributed by atoms with Gasteiger partial charge >= 0.3 is 0 Å². The lowest BCUT2D eigenvalue weighted by molar-refractivity contribution is 0.201. The van der Waals surface area contributed by atoms with E-state index in [9.17, 15) is 0 Å². The van der Waals surface area contributed by atoms with Crippen LogP contribution in [0.2, 0.25) is 0 Å². The van der Waals surface area contributed by atoms with Gasteiger partial charge in [0.1, 0.15) is 12.0 Å². The molecule has 2 heterocycles. The van der Waals surface area contributed by atoms with Crippen molar-refractivity contribution in [2.45, 2.75) is 6.10 Å². The molecule has 0 fully saturated rings. The van der Waals surface area contributed by atoms with Gasteiger partial charge in [-0.25, -0.2) is 0 Å². The lowest BCUT2D eigenvalue weighted by Gasteiger charge is -2.19. The topological polar surface area (TPSA) is 30.8 Å². The van der Waals surface area contributed by atoms with Crippen molar-refractivity contribution >= 4 is 5.71 Å². The van der Waals surface area contributed by atoms with Crippen LogP contribution in [0.4, 0.5) is 0 Å². The van der Waals surface area contributed by atoms with Crippen molar-refractivity contribution in [1.82, 2.24) is 0 Å². The molecule has 3 rings (SSSR count). The van der Waals surface area contributed by atoms with Crippen LogP contribution in [0.5, 0.6) is 5.75 Å². The normalized spacial score (nSPS) is 21.6. The fourth-order valence-electron chi connectivity index (χ4n) is 1.71. The van der Waals surface area contributed by atoms with E-state index in [2.05, 4.69) is 4.99 Å². The molecule has 3 heteroatoms. The molecular weight excluding hydrogens is 190 g/mol. The summed E-state index contributed by atoms with van der Waals surface area (Å²) in [6, 6.07) is 7.81. The van der Waals surface area contributed by atoms with Gasteiger partial charge in [-0.15, -0.1) is 0 Å². The molecule has 0 spiro atoms. The third-order valence-corrected chi connectivity index (χ3v) is 2.40. The Hall–Kier alpha value is -2.03. The Balaban J connectivity index is 2.15. The number of aliphatic imine (C=N–C) groups is 1. The van der Waals surface area contributed by atoms with Crippen LogP contribution < -0.4 is 4.74 Å². The SMILES string of the molecule is C1=COC2C(=N1)C=COc1ccccc12. The molecule has 3 nitrogen and oxygen atoms in total. The van der Waals surface area contributed by atoms with Crippen molar-refractivity contribution in [3.05, 3.63) is 54.6 Å². The molecule has 0 N–H and O–H groups in total. The summed E-state index contributed by atoms with van der Waals surface area (Å²) in [6.07, 6.45) is 6.56. The van der Waals surface area contributed by atoms with Crippen LogP contribution in [-0.4, -0.2) is 5.71 Å². The monoisotopic (exact) mass is 199 g/mol. The molecule has 2 aliphatic heterocycles. The molecule has 1 aromatic carbocycles. The number of nitrogens with zero attached hydrogens (tertiary/aromatic N) is 1. The first-order chi connectivity index (χ1) is 7.45. The smallest absolute Gasteiger partial charge is 0.168 e. The van der Waals surface area contributed by atoms with Gasteiger partial charge in [-0.05, 0) is 12.1 Å². The largest absolute Gasteiger partial charge is 0.485 e. The van der Waals surface area contributed by atoms with Crippen molar-refractivity contribution in [3.63, 3.8) is 0 Å². The molecule has 0 saturated heterocycles. The van der Waals surface area contributed by atoms with Gasteiger partial charge < -0.3 is 9.47 Å². The third kappa shape index (κ3) is 1.32. The summed E-state index contributed by atoms with van der Waals surface area (Å²) < 4.78 is 11.0. The van der Waals surface area contributed by atoms with Gasteiger partial charge in [0.2, 0.25) is 0 Å². The molecule has 0 radical (unpaired) electrons. The highest BCUT2D eigenvalue weighted by Gasteiger charge is 2.24. The molecule has 0 saturated carbocycles. The summed E-state index contributed by atoms with van der Waals surface area (Å²) in [4.78, 5) is 4.25. The van der Waals surface area contributed by atoms with Gasteiger partial charge in [0.05, 0.1) is 18.2 Å². The second-order valence-corrected chi connectivity index (χ2v) is 3.31. The fourth-order valence-corrected chi connectivity index (χ4v) is 1.71. The molecule has 0 aliphatic carbocycles. The zero-order valence-electron chi connectivity index (χ0n) is 7.96. The van der Waals surface area contributed by atoms with Crippen LogP contribution in [0, 0.1) is 0 Å². The van der Waals surface area contributed by atoms with E-state index in [1.54, 1.807) is 18.7 Å².